The normalized spacial score (nSPS) is 15.7. The standard InChI is InChI=1S/C15H19N3O2/c1-2-14(19)17-10-12-5-8-18(9-6-12)15(20)13-4-3-7-16-11-13/h2-4,7,11-12H,1,5-6,8-10H2,(H,17,19). The second-order valence-electron chi connectivity index (χ2n) is 4.93. The Bertz CT molecular complexity index is 479. The zero-order chi connectivity index (χ0) is 14.4. The zero-order valence-corrected chi connectivity index (χ0v) is 11.4. The van der Waals surface area contributed by atoms with E-state index < -0.39 is 0 Å². The fourth-order valence-corrected chi connectivity index (χ4v) is 2.33. The number of nitrogens with zero attached hydrogens (tertiary/aromatic N) is 2. The van der Waals surface area contributed by atoms with Gasteiger partial charge in [0.2, 0.25) is 5.91 Å². The molecule has 1 aliphatic rings. The Kier molecular flexibility index (Phi) is 4.87. The molecule has 1 aliphatic heterocycles. The van der Waals surface area contributed by atoms with E-state index in [1.807, 2.05) is 4.90 Å². The number of piperidine rings is 1. The number of carbonyl (C=O) groups is 2. The van der Waals surface area contributed by atoms with E-state index >= 15 is 0 Å². The number of likely N-dealkylation sites (tertiary alicyclic amines) is 1. The molecule has 1 aromatic heterocycles. The van der Waals surface area contributed by atoms with Crippen LogP contribution in [0.4, 0.5) is 0 Å². The first-order chi connectivity index (χ1) is 9.70. The average Bonchev–Trinajstić information content (AvgIpc) is 2.53. The summed E-state index contributed by atoms with van der Waals surface area (Å²) < 4.78 is 0. The van der Waals surface area contributed by atoms with Gasteiger partial charge in [0.15, 0.2) is 0 Å². The molecule has 2 rings (SSSR count). The first-order valence-electron chi connectivity index (χ1n) is 6.80. The van der Waals surface area contributed by atoms with Crippen LogP contribution < -0.4 is 5.32 Å². The van der Waals surface area contributed by atoms with E-state index in [1.54, 1.807) is 24.5 Å². The number of rotatable bonds is 4. The first kappa shape index (κ1) is 14.2. The van der Waals surface area contributed by atoms with E-state index in [-0.39, 0.29) is 11.8 Å². The number of carbonyl (C=O) groups excluding carboxylic acids is 2. The minimum atomic E-state index is -0.140. The lowest BCUT2D eigenvalue weighted by atomic mass is 9.96. The van der Waals surface area contributed by atoms with Crippen molar-refractivity contribution in [3.05, 3.63) is 42.7 Å². The third-order valence-electron chi connectivity index (χ3n) is 3.56. The molecule has 0 bridgehead atoms. The van der Waals surface area contributed by atoms with Crippen molar-refractivity contribution in [1.29, 1.82) is 0 Å². The van der Waals surface area contributed by atoms with Crippen molar-refractivity contribution >= 4 is 11.8 Å². The number of pyridine rings is 1. The van der Waals surface area contributed by atoms with Crippen LogP contribution in [0.3, 0.4) is 0 Å². The summed E-state index contributed by atoms with van der Waals surface area (Å²) in [6, 6.07) is 3.55. The minimum Gasteiger partial charge on any atom is -0.352 e. The van der Waals surface area contributed by atoms with Crippen LogP contribution in [0.5, 0.6) is 0 Å². The summed E-state index contributed by atoms with van der Waals surface area (Å²) in [5, 5.41) is 2.81. The van der Waals surface area contributed by atoms with Crippen molar-refractivity contribution in [2.75, 3.05) is 19.6 Å². The van der Waals surface area contributed by atoms with Crippen LogP contribution in [-0.2, 0) is 4.79 Å². The third-order valence-corrected chi connectivity index (χ3v) is 3.56. The monoisotopic (exact) mass is 273 g/mol. The summed E-state index contributed by atoms with van der Waals surface area (Å²) in [5.41, 5.74) is 0.630. The number of hydrogen-bond donors (Lipinski definition) is 1. The SMILES string of the molecule is C=CC(=O)NCC1CCN(C(=O)c2cccnc2)CC1. The van der Waals surface area contributed by atoms with Gasteiger partial charge in [0, 0.05) is 32.0 Å². The molecule has 0 unspecified atom stereocenters. The van der Waals surface area contributed by atoms with Crippen LogP contribution in [0, 0.1) is 5.92 Å². The number of hydrogen-bond acceptors (Lipinski definition) is 3. The first-order valence-corrected chi connectivity index (χ1v) is 6.80. The summed E-state index contributed by atoms with van der Waals surface area (Å²) >= 11 is 0. The molecule has 2 heterocycles. The van der Waals surface area contributed by atoms with Gasteiger partial charge in [-0.05, 0) is 37.0 Å². The van der Waals surface area contributed by atoms with Gasteiger partial charge in [-0.1, -0.05) is 6.58 Å². The second kappa shape index (κ2) is 6.84. The maximum Gasteiger partial charge on any atom is 0.255 e. The number of amides is 2. The molecule has 20 heavy (non-hydrogen) atoms. The molecule has 5 nitrogen and oxygen atoms in total. The van der Waals surface area contributed by atoms with Crippen LogP contribution in [-0.4, -0.2) is 41.3 Å². The Hall–Kier alpha value is -2.17. The predicted molar refractivity (Wildman–Crippen MR) is 76.1 cm³/mol. The predicted octanol–water partition coefficient (Wildman–Crippen LogP) is 1.24. The lowest BCUT2D eigenvalue weighted by Crippen LogP contribution is -2.41. The van der Waals surface area contributed by atoms with Crippen molar-refractivity contribution in [2.45, 2.75) is 12.8 Å². The van der Waals surface area contributed by atoms with Crippen LogP contribution in [0.2, 0.25) is 0 Å². The quantitative estimate of drug-likeness (QED) is 0.839. The Balaban J connectivity index is 1.81. The fourth-order valence-electron chi connectivity index (χ4n) is 2.33. The van der Waals surface area contributed by atoms with Crippen molar-refractivity contribution in [1.82, 2.24) is 15.2 Å². The summed E-state index contributed by atoms with van der Waals surface area (Å²) in [6.45, 7) is 5.52. The van der Waals surface area contributed by atoms with E-state index in [9.17, 15) is 9.59 Å². The largest absolute Gasteiger partial charge is 0.352 e. The molecule has 0 saturated carbocycles. The summed E-state index contributed by atoms with van der Waals surface area (Å²) in [6.07, 6.45) is 6.35. The Morgan fingerprint density at radius 3 is 2.80 bits per heavy atom. The van der Waals surface area contributed by atoms with E-state index in [0.29, 0.717) is 18.0 Å². The molecule has 0 aromatic carbocycles. The van der Waals surface area contributed by atoms with Crippen LogP contribution >= 0.6 is 0 Å². The molecule has 2 amide bonds. The van der Waals surface area contributed by atoms with Gasteiger partial charge >= 0.3 is 0 Å². The maximum absolute atomic E-state index is 12.2. The lowest BCUT2D eigenvalue weighted by Gasteiger charge is -2.32. The van der Waals surface area contributed by atoms with Gasteiger partial charge in [-0.25, -0.2) is 0 Å². The average molecular weight is 273 g/mol. The van der Waals surface area contributed by atoms with E-state index in [0.717, 1.165) is 25.9 Å². The third kappa shape index (κ3) is 3.66. The lowest BCUT2D eigenvalue weighted by molar-refractivity contribution is -0.116. The molecule has 5 heteroatoms. The van der Waals surface area contributed by atoms with E-state index in [2.05, 4.69) is 16.9 Å². The molecule has 1 aromatic rings. The summed E-state index contributed by atoms with van der Waals surface area (Å²) in [7, 11) is 0. The Labute approximate surface area is 118 Å². The van der Waals surface area contributed by atoms with Gasteiger partial charge in [-0.15, -0.1) is 0 Å². The molecule has 0 radical (unpaired) electrons. The highest BCUT2D eigenvalue weighted by atomic mass is 16.2. The van der Waals surface area contributed by atoms with Crippen LogP contribution in [0.15, 0.2) is 37.2 Å². The summed E-state index contributed by atoms with van der Waals surface area (Å²) in [5.74, 6) is 0.322. The van der Waals surface area contributed by atoms with E-state index in [4.69, 9.17) is 0 Å². The van der Waals surface area contributed by atoms with Gasteiger partial charge in [-0.3, -0.25) is 14.6 Å². The smallest absolute Gasteiger partial charge is 0.255 e. The van der Waals surface area contributed by atoms with Crippen LogP contribution in [0.1, 0.15) is 23.2 Å². The highest BCUT2D eigenvalue weighted by molar-refractivity contribution is 5.93. The van der Waals surface area contributed by atoms with E-state index in [1.165, 1.54) is 6.08 Å². The number of aromatic nitrogens is 1. The Morgan fingerprint density at radius 1 is 1.45 bits per heavy atom. The van der Waals surface area contributed by atoms with Gasteiger partial charge in [0.1, 0.15) is 0 Å². The van der Waals surface area contributed by atoms with Gasteiger partial charge < -0.3 is 10.2 Å². The molecule has 1 fully saturated rings. The molecule has 0 spiro atoms. The fraction of sp³-hybridized carbons (Fsp3) is 0.400. The topological polar surface area (TPSA) is 62.3 Å². The van der Waals surface area contributed by atoms with Crippen molar-refractivity contribution in [2.24, 2.45) is 5.92 Å². The molecular weight excluding hydrogens is 254 g/mol. The summed E-state index contributed by atoms with van der Waals surface area (Å²) in [4.78, 5) is 29.2. The minimum absolute atomic E-state index is 0.0340. The van der Waals surface area contributed by atoms with Crippen molar-refractivity contribution < 1.29 is 9.59 Å². The number of nitrogens with one attached hydrogen (secondary N) is 1. The molecular formula is C15H19N3O2. The Morgan fingerprint density at radius 2 is 2.20 bits per heavy atom. The highest BCUT2D eigenvalue weighted by Gasteiger charge is 2.23. The van der Waals surface area contributed by atoms with Gasteiger partial charge in [0.25, 0.3) is 5.91 Å². The maximum atomic E-state index is 12.2. The van der Waals surface area contributed by atoms with Crippen molar-refractivity contribution in [3.8, 4) is 0 Å². The molecule has 106 valence electrons. The molecule has 1 saturated heterocycles. The molecule has 1 N–H and O–H groups in total. The van der Waals surface area contributed by atoms with Gasteiger partial charge in [-0.2, -0.15) is 0 Å². The molecule has 0 atom stereocenters. The second-order valence-corrected chi connectivity index (χ2v) is 4.93. The zero-order valence-electron chi connectivity index (χ0n) is 11.4. The molecule has 0 aliphatic carbocycles. The van der Waals surface area contributed by atoms with Crippen molar-refractivity contribution in [3.63, 3.8) is 0 Å². The van der Waals surface area contributed by atoms with Crippen LogP contribution in [0.25, 0.3) is 0 Å². The van der Waals surface area contributed by atoms with Gasteiger partial charge in [0.05, 0.1) is 5.56 Å². The highest BCUT2D eigenvalue weighted by Crippen LogP contribution is 2.18.